The summed E-state index contributed by atoms with van der Waals surface area (Å²) in [7, 11) is 0. The van der Waals surface area contributed by atoms with Gasteiger partial charge in [0, 0.05) is 25.4 Å². The zero-order valence-corrected chi connectivity index (χ0v) is 16.5. The Labute approximate surface area is 161 Å². The minimum absolute atomic E-state index is 0.00931. The molecule has 0 aromatic heterocycles. The van der Waals surface area contributed by atoms with Gasteiger partial charge in [-0.15, -0.1) is 0 Å². The molecule has 0 bridgehead atoms. The number of carbonyl (C=O) groups excluding carboxylic acids is 2. The van der Waals surface area contributed by atoms with Gasteiger partial charge in [-0.3, -0.25) is 9.59 Å². The van der Waals surface area contributed by atoms with Crippen LogP contribution in [0, 0.1) is 0 Å². The van der Waals surface area contributed by atoms with E-state index in [-0.39, 0.29) is 18.4 Å². The van der Waals surface area contributed by atoms with Gasteiger partial charge in [0.15, 0.2) is 6.61 Å². The van der Waals surface area contributed by atoms with Crippen LogP contribution in [0.5, 0.6) is 5.75 Å². The molecule has 0 unspecified atom stereocenters. The summed E-state index contributed by atoms with van der Waals surface area (Å²) in [6.07, 6.45) is 1.51. The van der Waals surface area contributed by atoms with Crippen LogP contribution in [0.15, 0.2) is 24.3 Å². The monoisotopic (exact) mass is 378 g/mol. The van der Waals surface area contributed by atoms with Gasteiger partial charge in [-0.05, 0) is 44.5 Å². The van der Waals surface area contributed by atoms with Crippen molar-refractivity contribution in [2.75, 3.05) is 44.8 Å². The Morgan fingerprint density at radius 1 is 1.19 bits per heavy atom. The number of amides is 2. The SMILES string of the molecule is CCC[C@](C)(OCC)C(=O)Nc1ccc(OCC(=O)N2CCOCC2)cc1. The number of hydrogen-bond donors (Lipinski definition) is 1. The molecular formula is C20H30N2O5. The van der Waals surface area contributed by atoms with E-state index in [2.05, 4.69) is 5.32 Å². The smallest absolute Gasteiger partial charge is 0.260 e. The first-order chi connectivity index (χ1) is 13.0. The third-order valence-corrected chi connectivity index (χ3v) is 4.51. The van der Waals surface area contributed by atoms with E-state index >= 15 is 0 Å². The number of ether oxygens (including phenoxy) is 3. The van der Waals surface area contributed by atoms with Crippen molar-refractivity contribution >= 4 is 17.5 Å². The number of nitrogens with one attached hydrogen (secondary N) is 1. The van der Waals surface area contributed by atoms with E-state index in [0.717, 1.165) is 6.42 Å². The summed E-state index contributed by atoms with van der Waals surface area (Å²) in [4.78, 5) is 26.4. The molecular weight excluding hydrogens is 348 g/mol. The van der Waals surface area contributed by atoms with E-state index in [4.69, 9.17) is 14.2 Å². The normalized spacial score (nSPS) is 16.5. The van der Waals surface area contributed by atoms with Crippen molar-refractivity contribution in [3.8, 4) is 5.75 Å². The molecule has 0 radical (unpaired) electrons. The second-order valence-corrected chi connectivity index (χ2v) is 6.67. The summed E-state index contributed by atoms with van der Waals surface area (Å²) >= 11 is 0. The van der Waals surface area contributed by atoms with Gasteiger partial charge >= 0.3 is 0 Å². The quantitative estimate of drug-likeness (QED) is 0.714. The summed E-state index contributed by atoms with van der Waals surface area (Å²) in [6.45, 7) is 8.52. The van der Waals surface area contributed by atoms with Gasteiger partial charge in [-0.2, -0.15) is 0 Å². The first-order valence-electron chi connectivity index (χ1n) is 9.52. The molecule has 0 spiro atoms. The van der Waals surface area contributed by atoms with Crippen molar-refractivity contribution < 1.29 is 23.8 Å². The van der Waals surface area contributed by atoms with Crippen LogP contribution >= 0.6 is 0 Å². The summed E-state index contributed by atoms with van der Waals surface area (Å²) in [5.41, 5.74) is -0.183. The summed E-state index contributed by atoms with van der Waals surface area (Å²) in [6, 6.07) is 6.98. The number of morpholine rings is 1. The van der Waals surface area contributed by atoms with Crippen molar-refractivity contribution in [2.45, 2.75) is 39.2 Å². The van der Waals surface area contributed by atoms with E-state index in [1.54, 1.807) is 29.2 Å². The van der Waals surface area contributed by atoms with Gasteiger partial charge in [0.05, 0.1) is 13.2 Å². The predicted octanol–water partition coefficient (Wildman–Crippen LogP) is 2.46. The molecule has 1 N–H and O–H groups in total. The molecule has 7 nitrogen and oxygen atoms in total. The van der Waals surface area contributed by atoms with E-state index in [1.165, 1.54) is 0 Å². The largest absolute Gasteiger partial charge is 0.484 e. The van der Waals surface area contributed by atoms with Gasteiger partial charge in [-0.1, -0.05) is 13.3 Å². The molecule has 150 valence electrons. The van der Waals surface area contributed by atoms with Gasteiger partial charge in [0.1, 0.15) is 11.4 Å². The highest BCUT2D eigenvalue weighted by molar-refractivity contribution is 5.97. The molecule has 1 aliphatic rings. The molecule has 27 heavy (non-hydrogen) atoms. The summed E-state index contributed by atoms with van der Waals surface area (Å²) in [5.74, 6) is 0.362. The fourth-order valence-corrected chi connectivity index (χ4v) is 2.99. The van der Waals surface area contributed by atoms with E-state index in [9.17, 15) is 9.59 Å². The average Bonchev–Trinajstić information content (AvgIpc) is 2.68. The lowest BCUT2D eigenvalue weighted by molar-refractivity contribution is -0.139. The highest BCUT2D eigenvalue weighted by atomic mass is 16.5. The first-order valence-corrected chi connectivity index (χ1v) is 9.52. The lowest BCUT2D eigenvalue weighted by Crippen LogP contribution is -2.43. The van der Waals surface area contributed by atoms with Crippen molar-refractivity contribution in [3.63, 3.8) is 0 Å². The minimum atomic E-state index is -0.844. The van der Waals surface area contributed by atoms with Crippen LogP contribution in [-0.2, 0) is 19.1 Å². The van der Waals surface area contributed by atoms with Crippen LogP contribution in [0.3, 0.4) is 0 Å². The average molecular weight is 378 g/mol. The lowest BCUT2D eigenvalue weighted by atomic mass is 9.99. The molecule has 1 saturated heterocycles. The molecule has 1 atom stereocenters. The van der Waals surface area contributed by atoms with Crippen molar-refractivity contribution in [1.82, 2.24) is 4.90 Å². The van der Waals surface area contributed by atoms with Crippen LogP contribution in [0.2, 0.25) is 0 Å². The highest BCUT2D eigenvalue weighted by Gasteiger charge is 2.32. The number of carbonyl (C=O) groups is 2. The molecule has 1 heterocycles. The van der Waals surface area contributed by atoms with E-state index in [0.29, 0.717) is 50.8 Å². The molecule has 0 saturated carbocycles. The third-order valence-electron chi connectivity index (χ3n) is 4.51. The maximum atomic E-state index is 12.6. The Morgan fingerprint density at radius 3 is 2.44 bits per heavy atom. The fraction of sp³-hybridized carbons (Fsp3) is 0.600. The van der Waals surface area contributed by atoms with Gasteiger partial charge in [0.25, 0.3) is 11.8 Å². The Kier molecular flexibility index (Phi) is 8.06. The number of benzene rings is 1. The molecule has 2 rings (SSSR count). The Balaban J connectivity index is 1.86. The fourth-order valence-electron chi connectivity index (χ4n) is 2.99. The molecule has 1 fully saturated rings. The second-order valence-electron chi connectivity index (χ2n) is 6.67. The Morgan fingerprint density at radius 2 is 1.85 bits per heavy atom. The molecule has 1 aromatic carbocycles. The van der Waals surface area contributed by atoms with Gasteiger partial charge in [-0.25, -0.2) is 0 Å². The van der Waals surface area contributed by atoms with Gasteiger partial charge in [0.2, 0.25) is 0 Å². The number of hydrogen-bond acceptors (Lipinski definition) is 5. The van der Waals surface area contributed by atoms with Gasteiger partial charge < -0.3 is 24.4 Å². The molecule has 7 heteroatoms. The summed E-state index contributed by atoms with van der Waals surface area (Å²) in [5, 5.41) is 2.89. The first kappa shape index (κ1) is 21.2. The van der Waals surface area contributed by atoms with Crippen LogP contribution in [0.4, 0.5) is 5.69 Å². The maximum absolute atomic E-state index is 12.6. The molecule has 1 aliphatic heterocycles. The number of rotatable bonds is 9. The van der Waals surface area contributed by atoms with Crippen LogP contribution in [-0.4, -0.2) is 61.8 Å². The second kappa shape index (κ2) is 10.3. The molecule has 0 aliphatic carbocycles. The standard InChI is InChI=1S/C20H30N2O5/c1-4-10-20(3,27-5-2)19(24)21-16-6-8-17(9-7-16)26-15-18(23)22-11-13-25-14-12-22/h6-9H,4-5,10-15H2,1-3H3,(H,21,24)/t20-/m0/s1. The van der Waals surface area contributed by atoms with E-state index in [1.807, 2.05) is 20.8 Å². The van der Waals surface area contributed by atoms with Crippen LogP contribution in [0.1, 0.15) is 33.6 Å². The molecule has 1 aromatic rings. The zero-order chi connectivity index (χ0) is 19.7. The Hall–Kier alpha value is -2.12. The Bertz CT molecular complexity index is 605. The van der Waals surface area contributed by atoms with Crippen LogP contribution < -0.4 is 10.1 Å². The maximum Gasteiger partial charge on any atom is 0.260 e. The van der Waals surface area contributed by atoms with Crippen molar-refractivity contribution in [2.24, 2.45) is 0 Å². The lowest BCUT2D eigenvalue weighted by Gasteiger charge is -2.28. The predicted molar refractivity (Wildman–Crippen MR) is 103 cm³/mol. The zero-order valence-electron chi connectivity index (χ0n) is 16.5. The third kappa shape index (κ3) is 6.22. The van der Waals surface area contributed by atoms with E-state index < -0.39 is 5.60 Å². The minimum Gasteiger partial charge on any atom is -0.484 e. The summed E-state index contributed by atoms with van der Waals surface area (Å²) < 4.78 is 16.5. The number of nitrogens with zero attached hydrogens (tertiary/aromatic N) is 1. The molecule has 2 amide bonds. The van der Waals surface area contributed by atoms with Crippen molar-refractivity contribution in [1.29, 1.82) is 0 Å². The van der Waals surface area contributed by atoms with Crippen LogP contribution in [0.25, 0.3) is 0 Å². The van der Waals surface area contributed by atoms with Crippen molar-refractivity contribution in [3.05, 3.63) is 24.3 Å². The number of anilines is 1. The highest BCUT2D eigenvalue weighted by Crippen LogP contribution is 2.22. The topological polar surface area (TPSA) is 77.1 Å².